The molecule has 0 bridgehead atoms. The highest BCUT2D eigenvalue weighted by Crippen LogP contribution is 2.31. The van der Waals surface area contributed by atoms with E-state index in [9.17, 15) is 4.79 Å². The van der Waals surface area contributed by atoms with Gasteiger partial charge in [-0.25, -0.2) is 26.5 Å². The number of urea groups is 1. The maximum absolute atomic E-state index is 11.8. The molecule has 0 aliphatic heterocycles. The zero-order valence-corrected chi connectivity index (χ0v) is 16.3. The molecule has 1 aromatic heterocycles. The topological polar surface area (TPSA) is 116 Å². The molecule has 0 aliphatic rings. The first kappa shape index (κ1) is 20.1. The number of nitrogens with one attached hydrogen (secondary N) is 1. The maximum atomic E-state index is 11.8. The molecule has 29 heavy (non-hydrogen) atoms. The highest BCUT2D eigenvalue weighted by atomic mass is 16.5. The second kappa shape index (κ2) is 9.05. The second-order valence-electron chi connectivity index (χ2n) is 6.26. The Hall–Kier alpha value is -3.62. The van der Waals surface area contributed by atoms with Gasteiger partial charge in [-0.3, -0.25) is 5.43 Å². The fraction of sp³-hybridized carbons (Fsp3) is 0.143. The molecule has 0 saturated carbocycles. The van der Waals surface area contributed by atoms with E-state index in [1.54, 1.807) is 25.4 Å². The molecule has 0 saturated heterocycles. The van der Waals surface area contributed by atoms with Crippen LogP contribution in [0.25, 0.3) is 11.1 Å². The number of carbonyl (C=O) groups is 1. The molecule has 8 heteroatoms. The lowest BCUT2D eigenvalue weighted by Gasteiger charge is -2.21. The minimum absolute atomic E-state index is 0.177. The number of hydrazine groups is 2. The number of amides is 2. The average molecular weight is 393 g/mol. The van der Waals surface area contributed by atoms with Crippen molar-refractivity contribution in [1.29, 1.82) is 0 Å². The quantitative estimate of drug-likeness (QED) is 0.337. The number of para-hydroxylation sites is 1. The molecule has 0 fully saturated rings. The summed E-state index contributed by atoms with van der Waals surface area (Å²) < 4.78 is 11.3. The summed E-state index contributed by atoms with van der Waals surface area (Å²) in [5, 5.41) is 0.949. The van der Waals surface area contributed by atoms with Crippen LogP contribution in [0.15, 0.2) is 60.8 Å². The number of benzene rings is 2. The Morgan fingerprint density at radius 3 is 2.72 bits per heavy atom. The highest BCUT2D eigenvalue weighted by molar-refractivity contribution is 5.91. The lowest BCUT2D eigenvalue weighted by atomic mass is 10.1. The third-order valence-electron chi connectivity index (χ3n) is 4.50. The molecule has 0 atom stereocenters. The summed E-state index contributed by atoms with van der Waals surface area (Å²) in [6, 6.07) is 16.2. The number of pyridine rings is 1. The molecule has 150 valence electrons. The van der Waals surface area contributed by atoms with Gasteiger partial charge in [0.25, 0.3) is 0 Å². The number of hydrogen-bond acceptors (Lipinski definition) is 6. The Morgan fingerprint density at radius 1 is 1.17 bits per heavy atom. The lowest BCUT2D eigenvalue weighted by molar-refractivity contribution is 0.246. The number of nitrogens with zero attached hydrogens (tertiary/aromatic N) is 2. The van der Waals surface area contributed by atoms with E-state index in [4.69, 9.17) is 21.2 Å². The summed E-state index contributed by atoms with van der Waals surface area (Å²) in [4.78, 5) is 16.1. The predicted octanol–water partition coefficient (Wildman–Crippen LogP) is 2.91. The van der Waals surface area contributed by atoms with Gasteiger partial charge in [-0.1, -0.05) is 30.3 Å². The van der Waals surface area contributed by atoms with E-state index in [-0.39, 0.29) is 6.61 Å². The molecule has 3 aromatic rings. The van der Waals surface area contributed by atoms with E-state index < -0.39 is 6.03 Å². The van der Waals surface area contributed by atoms with E-state index >= 15 is 0 Å². The van der Waals surface area contributed by atoms with E-state index in [0.717, 1.165) is 33.0 Å². The molecule has 2 aromatic carbocycles. The zero-order valence-electron chi connectivity index (χ0n) is 16.3. The molecule has 2 amide bonds. The monoisotopic (exact) mass is 393 g/mol. The van der Waals surface area contributed by atoms with Gasteiger partial charge in [-0.2, -0.15) is 0 Å². The normalized spacial score (nSPS) is 10.3. The van der Waals surface area contributed by atoms with Crippen LogP contribution in [-0.4, -0.2) is 18.1 Å². The summed E-state index contributed by atoms with van der Waals surface area (Å²) in [6.45, 7) is 2.09. The number of methoxy groups -OCH3 is 1. The predicted molar refractivity (Wildman–Crippen MR) is 111 cm³/mol. The van der Waals surface area contributed by atoms with Gasteiger partial charge >= 0.3 is 6.03 Å². The van der Waals surface area contributed by atoms with Crippen LogP contribution in [0.5, 0.6) is 11.6 Å². The van der Waals surface area contributed by atoms with E-state index in [1.165, 1.54) is 0 Å². The Kier molecular flexibility index (Phi) is 6.28. The van der Waals surface area contributed by atoms with Crippen molar-refractivity contribution in [3.8, 4) is 22.8 Å². The van der Waals surface area contributed by atoms with Gasteiger partial charge < -0.3 is 9.47 Å². The van der Waals surface area contributed by atoms with Gasteiger partial charge in [0.2, 0.25) is 5.88 Å². The van der Waals surface area contributed by atoms with Crippen LogP contribution in [0.1, 0.15) is 11.1 Å². The number of anilines is 1. The molecular formula is C21H23N5O3. The van der Waals surface area contributed by atoms with Crippen LogP contribution in [0, 0.1) is 6.92 Å². The minimum Gasteiger partial charge on any atom is -0.496 e. The number of ether oxygens (including phenoxy) is 2. The van der Waals surface area contributed by atoms with Crippen molar-refractivity contribution in [1.82, 2.24) is 10.4 Å². The van der Waals surface area contributed by atoms with Crippen molar-refractivity contribution in [2.24, 2.45) is 11.7 Å². The fourth-order valence-electron chi connectivity index (χ4n) is 2.96. The average Bonchev–Trinajstić information content (AvgIpc) is 2.77. The number of rotatable bonds is 6. The molecular weight excluding hydrogens is 370 g/mol. The second-order valence-corrected chi connectivity index (χ2v) is 6.26. The van der Waals surface area contributed by atoms with Crippen LogP contribution in [0.4, 0.5) is 10.5 Å². The van der Waals surface area contributed by atoms with Gasteiger partial charge in [0.1, 0.15) is 12.4 Å². The largest absolute Gasteiger partial charge is 0.496 e. The maximum Gasteiger partial charge on any atom is 0.350 e. The fourth-order valence-corrected chi connectivity index (χ4v) is 2.96. The zero-order chi connectivity index (χ0) is 20.8. The Bertz CT molecular complexity index is 1010. The van der Waals surface area contributed by atoms with E-state index in [1.807, 2.05) is 54.8 Å². The van der Waals surface area contributed by atoms with Crippen LogP contribution < -0.4 is 31.6 Å². The number of hydrogen-bond donors (Lipinski definition) is 3. The highest BCUT2D eigenvalue weighted by Gasteiger charge is 2.16. The van der Waals surface area contributed by atoms with Crippen molar-refractivity contribution in [2.45, 2.75) is 13.5 Å². The van der Waals surface area contributed by atoms with Gasteiger partial charge in [-0.15, -0.1) is 0 Å². The lowest BCUT2D eigenvalue weighted by Crippen LogP contribution is -2.48. The molecule has 3 rings (SSSR count). The Labute approximate surface area is 169 Å². The van der Waals surface area contributed by atoms with Gasteiger partial charge in [0, 0.05) is 23.4 Å². The minimum atomic E-state index is -0.631. The molecule has 0 unspecified atom stereocenters. The van der Waals surface area contributed by atoms with Crippen molar-refractivity contribution in [3.05, 3.63) is 71.9 Å². The molecule has 0 spiro atoms. The molecule has 8 nitrogen and oxygen atoms in total. The smallest absolute Gasteiger partial charge is 0.350 e. The van der Waals surface area contributed by atoms with Gasteiger partial charge in [0.15, 0.2) is 0 Å². The van der Waals surface area contributed by atoms with E-state index in [0.29, 0.717) is 11.6 Å². The molecule has 1 heterocycles. The molecule has 0 radical (unpaired) electrons. The summed E-state index contributed by atoms with van der Waals surface area (Å²) >= 11 is 0. The summed E-state index contributed by atoms with van der Waals surface area (Å²) in [5.41, 5.74) is 6.04. The van der Waals surface area contributed by atoms with Gasteiger partial charge in [-0.05, 0) is 36.2 Å². The Balaban J connectivity index is 1.85. The third-order valence-corrected chi connectivity index (χ3v) is 4.50. The number of carbonyl (C=O) groups excluding carboxylic acids is 1. The number of aromatic nitrogens is 1. The first-order valence-electron chi connectivity index (χ1n) is 8.91. The number of aryl methyl sites for hydroxylation is 1. The van der Waals surface area contributed by atoms with Crippen LogP contribution in [0.3, 0.4) is 0 Å². The van der Waals surface area contributed by atoms with Crippen molar-refractivity contribution >= 4 is 11.7 Å². The van der Waals surface area contributed by atoms with Crippen molar-refractivity contribution in [3.63, 3.8) is 0 Å². The van der Waals surface area contributed by atoms with Crippen LogP contribution >= 0.6 is 0 Å². The standard InChI is InChI=1S/C21H23N5O3/c1-14-6-5-8-18(26(23)21(27)25-22)17(14)13-29-20-12-15(10-11-24-20)16-7-3-4-9-19(16)28-2/h3-12H,13,22-23H2,1-2H3,(H,25,27). The van der Waals surface area contributed by atoms with Crippen molar-refractivity contribution < 1.29 is 14.3 Å². The SMILES string of the molecule is COc1ccccc1-c1ccnc(OCc2c(C)cccc2N(N)C(=O)NN)c1. The van der Waals surface area contributed by atoms with E-state index in [2.05, 4.69) is 4.98 Å². The van der Waals surface area contributed by atoms with Crippen LogP contribution in [-0.2, 0) is 6.61 Å². The van der Waals surface area contributed by atoms with Crippen molar-refractivity contribution in [2.75, 3.05) is 12.1 Å². The molecule has 5 N–H and O–H groups in total. The summed E-state index contributed by atoms with van der Waals surface area (Å²) in [5.74, 6) is 12.3. The summed E-state index contributed by atoms with van der Waals surface area (Å²) in [7, 11) is 1.63. The van der Waals surface area contributed by atoms with Crippen LogP contribution in [0.2, 0.25) is 0 Å². The first-order chi connectivity index (χ1) is 14.0. The molecule has 0 aliphatic carbocycles. The summed E-state index contributed by atoms with van der Waals surface area (Å²) in [6.07, 6.45) is 1.67. The first-order valence-corrected chi connectivity index (χ1v) is 8.91. The Morgan fingerprint density at radius 2 is 1.97 bits per heavy atom. The number of nitrogens with two attached hydrogens (primary N) is 2. The third kappa shape index (κ3) is 4.45. The van der Waals surface area contributed by atoms with Gasteiger partial charge in [0.05, 0.1) is 12.8 Å².